The van der Waals surface area contributed by atoms with Gasteiger partial charge in [0.25, 0.3) is 5.69 Å². The normalized spacial score (nSPS) is 16.9. The van der Waals surface area contributed by atoms with Crippen LogP contribution in [0.2, 0.25) is 0 Å². The number of nitro benzene ring substituents is 1. The number of thioether (sulfide) groups is 1. The minimum Gasteiger partial charge on any atom is -0.318 e. The fourth-order valence-electron chi connectivity index (χ4n) is 1.88. The van der Waals surface area contributed by atoms with Crippen LogP contribution in [0, 0.1) is 10.1 Å². The Morgan fingerprint density at radius 3 is 2.55 bits per heavy atom. The van der Waals surface area contributed by atoms with E-state index in [0.717, 1.165) is 17.6 Å². The Balaban J connectivity index is 2.41. The zero-order valence-electron chi connectivity index (χ0n) is 10.5. The summed E-state index contributed by atoms with van der Waals surface area (Å²) in [5, 5.41) is 10.9. The molecule has 20 heavy (non-hydrogen) atoms. The van der Waals surface area contributed by atoms with E-state index in [9.17, 15) is 18.5 Å². The van der Waals surface area contributed by atoms with Gasteiger partial charge in [0, 0.05) is 30.7 Å². The Hall–Kier alpha value is -1.36. The summed E-state index contributed by atoms with van der Waals surface area (Å²) in [6.45, 7) is 0.829. The van der Waals surface area contributed by atoms with Gasteiger partial charge in [-0.1, -0.05) is 0 Å². The fourth-order valence-corrected chi connectivity index (χ4v) is 4.48. The summed E-state index contributed by atoms with van der Waals surface area (Å²) in [6.07, 6.45) is 0. The number of nitrogen functional groups attached to an aromatic ring is 1. The molecule has 0 unspecified atom stereocenters. The van der Waals surface area contributed by atoms with Crippen LogP contribution < -0.4 is 11.3 Å². The summed E-state index contributed by atoms with van der Waals surface area (Å²) in [5.41, 5.74) is 1.89. The number of nitro groups is 1. The topological polar surface area (TPSA) is 119 Å². The van der Waals surface area contributed by atoms with Gasteiger partial charge >= 0.3 is 0 Å². The predicted molar refractivity (Wildman–Crippen MR) is 77.0 cm³/mol. The lowest BCUT2D eigenvalue weighted by atomic mass is 10.3. The highest BCUT2D eigenvalue weighted by Crippen LogP contribution is 2.29. The lowest BCUT2D eigenvalue weighted by Crippen LogP contribution is -2.37. The summed E-state index contributed by atoms with van der Waals surface area (Å²) < 4.78 is 26.2. The number of rotatable bonds is 4. The van der Waals surface area contributed by atoms with Crippen molar-refractivity contribution in [2.75, 3.05) is 30.0 Å². The highest BCUT2D eigenvalue weighted by molar-refractivity contribution is 7.99. The number of hydrogen-bond acceptors (Lipinski definition) is 7. The molecule has 3 N–H and O–H groups in total. The first-order valence-corrected chi connectivity index (χ1v) is 8.39. The quantitative estimate of drug-likeness (QED) is 0.474. The summed E-state index contributed by atoms with van der Waals surface area (Å²) in [6, 6.07) is 3.65. The van der Waals surface area contributed by atoms with Crippen LogP contribution in [0.4, 0.5) is 11.4 Å². The van der Waals surface area contributed by atoms with Gasteiger partial charge in [-0.3, -0.25) is 16.0 Å². The SMILES string of the molecule is NNc1ccc(S(=O)(=O)N2CCSCC2)cc1[N+](=O)[O-]. The number of nitrogens with zero attached hydrogens (tertiary/aromatic N) is 2. The lowest BCUT2D eigenvalue weighted by Gasteiger charge is -2.25. The van der Waals surface area contributed by atoms with Crippen molar-refractivity contribution < 1.29 is 13.3 Å². The van der Waals surface area contributed by atoms with Gasteiger partial charge in [0.15, 0.2) is 0 Å². The van der Waals surface area contributed by atoms with Crippen LogP contribution >= 0.6 is 11.8 Å². The van der Waals surface area contributed by atoms with Crippen molar-refractivity contribution in [3.63, 3.8) is 0 Å². The summed E-state index contributed by atoms with van der Waals surface area (Å²) in [5.74, 6) is 6.63. The minimum atomic E-state index is -3.70. The number of hydrazine groups is 1. The van der Waals surface area contributed by atoms with E-state index in [2.05, 4.69) is 5.43 Å². The molecule has 0 atom stereocenters. The number of hydrogen-bond donors (Lipinski definition) is 2. The standard InChI is InChI=1S/C10H14N4O4S2/c11-12-9-2-1-8(7-10(9)14(15)16)20(17,18)13-3-5-19-6-4-13/h1-2,7,12H,3-6,11H2. The first-order valence-electron chi connectivity index (χ1n) is 5.80. The van der Waals surface area contributed by atoms with Gasteiger partial charge in [-0.25, -0.2) is 8.42 Å². The molecule has 2 rings (SSSR count). The maximum absolute atomic E-state index is 12.4. The molecule has 0 radical (unpaired) electrons. The second kappa shape index (κ2) is 5.95. The maximum Gasteiger partial charge on any atom is 0.294 e. The van der Waals surface area contributed by atoms with Gasteiger partial charge in [-0.2, -0.15) is 16.1 Å². The zero-order valence-corrected chi connectivity index (χ0v) is 12.1. The van der Waals surface area contributed by atoms with E-state index in [0.29, 0.717) is 13.1 Å². The second-order valence-electron chi connectivity index (χ2n) is 4.10. The number of nitrogens with one attached hydrogen (secondary N) is 1. The van der Waals surface area contributed by atoms with Gasteiger partial charge in [-0.15, -0.1) is 0 Å². The highest BCUT2D eigenvalue weighted by Gasteiger charge is 2.28. The molecule has 0 spiro atoms. The van der Waals surface area contributed by atoms with E-state index >= 15 is 0 Å². The molecule has 1 heterocycles. The van der Waals surface area contributed by atoms with E-state index in [-0.39, 0.29) is 16.3 Å². The van der Waals surface area contributed by atoms with Gasteiger partial charge in [-0.05, 0) is 12.1 Å². The molecule has 1 aliphatic rings. The predicted octanol–water partition coefficient (Wildman–Crippen LogP) is 0.618. The van der Waals surface area contributed by atoms with Crippen molar-refractivity contribution in [3.8, 4) is 0 Å². The van der Waals surface area contributed by atoms with E-state index in [4.69, 9.17) is 5.84 Å². The van der Waals surface area contributed by atoms with Crippen LogP contribution in [-0.4, -0.2) is 42.2 Å². The molecule has 10 heteroatoms. The molecule has 0 bridgehead atoms. The van der Waals surface area contributed by atoms with Gasteiger partial charge in [0.05, 0.1) is 9.82 Å². The Labute approximate surface area is 120 Å². The van der Waals surface area contributed by atoms with Crippen LogP contribution in [0.25, 0.3) is 0 Å². The summed E-state index contributed by atoms with van der Waals surface area (Å²) in [4.78, 5) is 10.2. The second-order valence-corrected chi connectivity index (χ2v) is 7.26. The van der Waals surface area contributed by atoms with Crippen molar-refractivity contribution in [3.05, 3.63) is 28.3 Å². The van der Waals surface area contributed by atoms with Gasteiger partial charge in [0.2, 0.25) is 10.0 Å². The van der Waals surface area contributed by atoms with Gasteiger partial charge in [0.1, 0.15) is 5.69 Å². The van der Waals surface area contributed by atoms with E-state index in [1.165, 1.54) is 16.4 Å². The minimum absolute atomic E-state index is 0.0724. The molecule has 1 aliphatic heterocycles. The van der Waals surface area contributed by atoms with Gasteiger partial charge < -0.3 is 5.43 Å². The molecule has 1 fully saturated rings. The number of nitrogens with two attached hydrogens (primary N) is 1. The number of benzene rings is 1. The van der Waals surface area contributed by atoms with Crippen LogP contribution in [0.5, 0.6) is 0 Å². The monoisotopic (exact) mass is 318 g/mol. The van der Waals surface area contributed by atoms with Crippen molar-refractivity contribution >= 4 is 33.2 Å². The Morgan fingerprint density at radius 2 is 2.00 bits per heavy atom. The highest BCUT2D eigenvalue weighted by atomic mass is 32.2. The molecule has 0 amide bonds. The van der Waals surface area contributed by atoms with E-state index in [1.807, 2.05) is 0 Å². The smallest absolute Gasteiger partial charge is 0.294 e. The Kier molecular flexibility index (Phi) is 4.48. The third-order valence-corrected chi connectivity index (χ3v) is 5.77. The van der Waals surface area contributed by atoms with E-state index < -0.39 is 14.9 Å². The largest absolute Gasteiger partial charge is 0.318 e. The third-order valence-electron chi connectivity index (χ3n) is 2.93. The molecule has 0 saturated carbocycles. The van der Waals surface area contributed by atoms with Crippen LogP contribution in [0.15, 0.2) is 23.1 Å². The molecule has 1 aromatic carbocycles. The summed E-state index contributed by atoms with van der Waals surface area (Å²) >= 11 is 1.68. The molecule has 0 aromatic heterocycles. The van der Waals surface area contributed by atoms with Crippen LogP contribution in [-0.2, 0) is 10.0 Å². The lowest BCUT2D eigenvalue weighted by molar-refractivity contribution is -0.384. The molecular weight excluding hydrogens is 304 g/mol. The van der Waals surface area contributed by atoms with Crippen LogP contribution in [0.3, 0.4) is 0 Å². The van der Waals surface area contributed by atoms with Crippen molar-refractivity contribution in [2.24, 2.45) is 5.84 Å². The maximum atomic E-state index is 12.4. The molecular formula is C10H14N4O4S2. The fraction of sp³-hybridized carbons (Fsp3) is 0.400. The van der Waals surface area contributed by atoms with Crippen molar-refractivity contribution in [2.45, 2.75) is 4.90 Å². The van der Waals surface area contributed by atoms with Crippen molar-refractivity contribution in [1.82, 2.24) is 4.31 Å². The molecule has 110 valence electrons. The Morgan fingerprint density at radius 1 is 1.35 bits per heavy atom. The average molecular weight is 318 g/mol. The number of anilines is 1. The Bertz CT molecular complexity index is 614. The van der Waals surface area contributed by atoms with Crippen LogP contribution in [0.1, 0.15) is 0 Å². The molecule has 8 nitrogen and oxygen atoms in total. The van der Waals surface area contributed by atoms with Crippen molar-refractivity contribution in [1.29, 1.82) is 0 Å². The average Bonchev–Trinajstić information content (AvgIpc) is 2.47. The molecule has 0 aliphatic carbocycles. The van der Waals surface area contributed by atoms with E-state index in [1.54, 1.807) is 11.8 Å². The third kappa shape index (κ3) is 2.87. The molecule has 1 aromatic rings. The number of sulfonamides is 1. The summed E-state index contributed by atoms with van der Waals surface area (Å²) in [7, 11) is -3.70. The zero-order chi connectivity index (χ0) is 14.8. The first kappa shape index (κ1) is 15.0. The molecule has 1 saturated heterocycles. The first-order chi connectivity index (χ1) is 9.46.